The smallest absolute Gasteiger partial charge is 0.365 e. The van der Waals surface area contributed by atoms with Crippen molar-refractivity contribution >= 4 is 22.7 Å². The molecule has 5 rings (SSSR count). The standard InChI is InChI=1S/C24H17N3O4/c1-29-19-12-11-14(13-20(19)30-2)24(28)31-27-22-16-8-4-3-7-15(16)21-23(22)26-18-10-6-5-9-17(18)25-21/h3-13H,1-2H3/b27-22+. The highest BCUT2D eigenvalue weighted by molar-refractivity contribution is 6.23. The lowest BCUT2D eigenvalue weighted by Crippen LogP contribution is -2.07. The molecular weight excluding hydrogens is 394 g/mol. The molecule has 0 fully saturated rings. The zero-order chi connectivity index (χ0) is 21.4. The van der Waals surface area contributed by atoms with Gasteiger partial charge in [-0.3, -0.25) is 0 Å². The summed E-state index contributed by atoms with van der Waals surface area (Å²) in [6, 6.07) is 20.1. The summed E-state index contributed by atoms with van der Waals surface area (Å²) in [4.78, 5) is 27.4. The number of para-hydroxylation sites is 2. The van der Waals surface area contributed by atoms with E-state index in [2.05, 4.69) is 5.16 Å². The van der Waals surface area contributed by atoms with Crippen LogP contribution in [0.2, 0.25) is 0 Å². The third kappa shape index (κ3) is 3.16. The molecule has 0 atom stereocenters. The predicted octanol–water partition coefficient (Wildman–Crippen LogP) is 4.24. The normalized spacial score (nSPS) is 13.0. The Kier molecular flexibility index (Phi) is 4.55. The Hall–Kier alpha value is -4.26. The van der Waals surface area contributed by atoms with E-state index in [1.54, 1.807) is 18.2 Å². The first-order valence-electron chi connectivity index (χ1n) is 9.58. The Bertz CT molecular complexity index is 1360. The molecule has 0 aliphatic heterocycles. The number of carbonyl (C=O) groups is 1. The van der Waals surface area contributed by atoms with Crippen molar-refractivity contribution in [2.24, 2.45) is 5.16 Å². The van der Waals surface area contributed by atoms with E-state index in [9.17, 15) is 4.79 Å². The van der Waals surface area contributed by atoms with Crippen LogP contribution < -0.4 is 9.47 Å². The van der Waals surface area contributed by atoms with Crippen LogP contribution in [-0.2, 0) is 4.84 Å². The maximum absolute atomic E-state index is 12.6. The molecule has 1 aliphatic carbocycles. The summed E-state index contributed by atoms with van der Waals surface area (Å²) in [7, 11) is 3.03. The number of hydrogen-bond donors (Lipinski definition) is 0. The van der Waals surface area contributed by atoms with Crippen molar-refractivity contribution in [2.45, 2.75) is 0 Å². The molecular formula is C24H17N3O4. The number of hydrogen-bond acceptors (Lipinski definition) is 7. The van der Waals surface area contributed by atoms with Crippen molar-refractivity contribution in [3.8, 4) is 22.8 Å². The first-order valence-corrected chi connectivity index (χ1v) is 9.58. The van der Waals surface area contributed by atoms with Crippen LogP contribution in [0.3, 0.4) is 0 Å². The van der Waals surface area contributed by atoms with Crippen LogP contribution in [0.4, 0.5) is 0 Å². The Balaban J connectivity index is 1.55. The molecule has 1 aliphatic rings. The molecule has 0 N–H and O–H groups in total. The second-order valence-corrected chi connectivity index (χ2v) is 6.84. The van der Waals surface area contributed by atoms with Gasteiger partial charge in [-0.05, 0) is 30.3 Å². The van der Waals surface area contributed by atoms with Crippen molar-refractivity contribution < 1.29 is 19.1 Å². The van der Waals surface area contributed by atoms with Gasteiger partial charge in [-0.15, -0.1) is 0 Å². The van der Waals surface area contributed by atoms with Crippen LogP contribution in [0.5, 0.6) is 11.5 Å². The fourth-order valence-corrected chi connectivity index (χ4v) is 3.57. The minimum absolute atomic E-state index is 0.290. The summed E-state index contributed by atoms with van der Waals surface area (Å²) < 4.78 is 10.5. The number of rotatable bonds is 4. The minimum Gasteiger partial charge on any atom is -0.493 e. The summed E-state index contributed by atoms with van der Waals surface area (Å²) in [5, 5.41) is 4.18. The van der Waals surface area contributed by atoms with Crippen LogP contribution in [0.25, 0.3) is 22.3 Å². The zero-order valence-electron chi connectivity index (χ0n) is 16.8. The molecule has 31 heavy (non-hydrogen) atoms. The molecule has 1 aromatic heterocycles. The Morgan fingerprint density at radius 3 is 2.13 bits per heavy atom. The maximum Gasteiger partial charge on any atom is 0.365 e. The zero-order valence-corrected chi connectivity index (χ0v) is 16.8. The van der Waals surface area contributed by atoms with E-state index in [-0.39, 0.29) is 5.56 Å². The van der Waals surface area contributed by atoms with Gasteiger partial charge < -0.3 is 14.3 Å². The highest BCUT2D eigenvalue weighted by Gasteiger charge is 2.29. The lowest BCUT2D eigenvalue weighted by atomic mass is 10.1. The fourth-order valence-electron chi connectivity index (χ4n) is 3.57. The molecule has 0 bridgehead atoms. The number of benzene rings is 3. The van der Waals surface area contributed by atoms with Crippen molar-refractivity contribution in [3.05, 3.63) is 83.6 Å². The number of fused-ring (bicyclic) bond motifs is 4. The number of ether oxygens (including phenoxy) is 2. The Labute approximate surface area is 177 Å². The van der Waals surface area contributed by atoms with E-state index in [0.29, 0.717) is 22.9 Å². The summed E-state index contributed by atoms with van der Waals surface area (Å²) >= 11 is 0. The number of carbonyl (C=O) groups excluding carboxylic acids is 1. The molecule has 1 heterocycles. The number of nitrogens with zero attached hydrogens (tertiary/aromatic N) is 3. The molecule has 0 saturated heterocycles. The van der Waals surface area contributed by atoms with Crippen molar-refractivity contribution in [1.29, 1.82) is 0 Å². The highest BCUT2D eigenvalue weighted by Crippen LogP contribution is 2.35. The third-order valence-corrected chi connectivity index (χ3v) is 5.07. The summed E-state index contributed by atoms with van der Waals surface area (Å²) in [6.45, 7) is 0. The molecule has 0 amide bonds. The Morgan fingerprint density at radius 1 is 0.774 bits per heavy atom. The van der Waals surface area contributed by atoms with Crippen LogP contribution in [0.15, 0.2) is 71.9 Å². The summed E-state index contributed by atoms with van der Waals surface area (Å²) in [6.07, 6.45) is 0. The van der Waals surface area contributed by atoms with Gasteiger partial charge in [0.15, 0.2) is 11.5 Å². The molecule has 0 saturated carbocycles. The van der Waals surface area contributed by atoms with Crippen molar-refractivity contribution in [2.75, 3.05) is 14.2 Å². The topological polar surface area (TPSA) is 82.9 Å². The lowest BCUT2D eigenvalue weighted by molar-refractivity contribution is 0.0516. The molecule has 0 unspecified atom stereocenters. The van der Waals surface area contributed by atoms with Crippen LogP contribution in [0, 0.1) is 0 Å². The lowest BCUT2D eigenvalue weighted by Gasteiger charge is -2.08. The van der Waals surface area contributed by atoms with Gasteiger partial charge >= 0.3 is 5.97 Å². The van der Waals surface area contributed by atoms with E-state index in [0.717, 1.165) is 27.9 Å². The van der Waals surface area contributed by atoms with E-state index in [4.69, 9.17) is 24.3 Å². The molecule has 0 spiro atoms. The van der Waals surface area contributed by atoms with Crippen LogP contribution in [-0.4, -0.2) is 35.9 Å². The van der Waals surface area contributed by atoms with Crippen molar-refractivity contribution in [1.82, 2.24) is 9.97 Å². The van der Waals surface area contributed by atoms with Gasteiger partial charge in [-0.2, -0.15) is 0 Å². The average Bonchev–Trinajstić information content (AvgIpc) is 3.13. The molecule has 4 aromatic rings. The van der Waals surface area contributed by atoms with E-state index in [1.165, 1.54) is 14.2 Å². The van der Waals surface area contributed by atoms with Crippen LogP contribution in [0.1, 0.15) is 21.6 Å². The third-order valence-electron chi connectivity index (χ3n) is 5.07. The highest BCUT2D eigenvalue weighted by atomic mass is 16.7. The molecule has 7 heteroatoms. The second-order valence-electron chi connectivity index (χ2n) is 6.84. The van der Waals surface area contributed by atoms with Crippen LogP contribution >= 0.6 is 0 Å². The second kappa shape index (κ2) is 7.53. The van der Waals surface area contributed by atoms with Gasteiger partial charge in [0.2, 0.25) is 0 Å². The molecule has 3 aromatic carbocycles. The molecule has 0 radical (unpaired) electrons. The fraction of sp³-hybridized carbons (Fsp3) is 0.0833. The van der Waals surface area contributed by atoms with E-state index >= 15 is 0 Å². The summed E-state index contributed by atoms with van der Waals surface area (Å²) in [5.41, 5.74) is 5.31. The minimum atomic E-state index is -0.617. The average molecular weight is 411 g/mol. The summed E-state index contributed by atoms with van der Waals surface area (Å²) in [5.74, 6) is 0.331. The largest absolute Gasteiger partial charge is 0.493 e. The van der Waals surface area contributed by atoms with Gasteiger partial charge in [0.25, 0.3) is 0 Å². The van der Waals surface area contributed by atoms with Gasteiger partial charge in [0.05, 0.1) is 36.5 Å². The SMILES string of the molecule is COc1ccc(C(=O)O/N=C2\c3ccccc3-c3nc4ccccc4nc32)cc1OC. The van der Waals surface area contributed by atoms with E-state index < -0.39 is 5.97 Å². The van der Waals surface area contributed by atoms with Gasteiger partial charge in [-0.1, -0.05) is 41.6 Å². The van der Waals surface area contributed by atoms with Crippen molar-refractivity contribution in [3.63, 3.8) is 0 Å². The number of oxime groups is 1. The predicted molar refractivity (Wildman–Crippen MR) is 116 cm³/mol. The first kappa shape index (κ1) is 18.7. The molecule has 152 valence electrons. The first-order chi connectivity index (χ1) is 15.2. The number of aromatic nitrogens is 2. The monoisotopic (exact) mass is 411 g/mol. The molecule has 7 nitrogen and oxygen atoms in total. The van der Waals surface area contributed by atoms with E-state index in [1.807, 2.05) is 48.5 Å². The van der Waals surface area contributed by atoms with Gasteiger partial charge in [-0.25, -0.2) is 14.8 Å². The van der Waals surface area contributed by atoms with Gasteiger partial charge in [0, 0.05) is 11.1 Å². The quantitative estimate of drug-likeness (QED) is 0.325. The number of methoxy groups -OCH3 is 2. The maximum atomic E-state index is 12.6. The van der Waals surface area contributed by atoms with Gasteiger partial charge in [0.1, 0.15) is 11.4 Å². The Morgan fingerprint density at radius 2 is 1.42 bits per heavy atom.